The number of ketones is 1. The van der Waals surface area contributed by atoms with Gasteiger partial charge < -0.3 is 4.42 Å². The maximum atomic E-state index is 14.1. The van der Waals surface area contributed by atoms with Gasteiger partial charge in [0.1, 0.15) is 21.5 Å². The van der Waals surface area contributed by atoms with Crippen molar-refractivity contribution >= 4 is 54.2 Å². The number of carbonyl (C=O) groups is 1. The molecule has 0 fully saturated rings. The van der Waals surface area contributed by atoms with E-state index in [1.165, 1.54) is 24.3 Å². The Bertz CT molecular complexity index is 1620. The number of halogens is 1. The average molecular weight is 564 g/mol. The van der Waals surface area contributed by atoms with Crippen LogP contribution in [-0.2, 0) is 31.4 Å². The van der Waals surface area contributed by atoms with Crippen LogP contribution in [0.15, 0.2) is 71.2 Å². The van der Waals surface area contributed by atoms with Crippen molar-refractivity contribution in [1.29, 1.82) is 0 Å². The molecule has 11 heteroatoms. The lowest BCUT2D eigenvalue weighted by Crippen LogP contribution is -2.25. The van der Waals surface area contributed by atoms with Crippen molar-refractivity contribution in [3.63, 3.8) is 0 Å². The second-order valence-electron chi connectivity index (χ2n) is 8.93. The topological polar surface area (TPSA) is 131 Å². The van der Waals surface area contributed by atoms with Crippen molar-refractivity contribution in [1.82, 2.24) is 0 Å². The summed E-state index contributed by atoms with van der Waals surface area (Å²) in [7, 11) is -7.88. The second-order valence-corrected chi connectivity index (χ2v) is 12.9. The van der Waals surface area contributed by atoms with Crippen molar-refractivity contribution in [2.45, 2.75) is 36.3 Å². The lowest BCUT2D eigenvalue weighted by molar-refractivity contribution is 0.103. The summed E-state index contributed by atoms with van der Waals surface area (Å²) in [6, 6.07) is 11.5. The van der Waals surface area contributed by atoms with Crippen LogP contribution in [0.1, 0.15) is 47.0 Å². The molecule has 3 aromatic rings. The molecule has 2 N–H and O–H groups in total. The molecule has 8 nitrogen and oxygen atoms in total. The number of anilines is 1. The third kappa shape index (κ3) is 5.82. The van der Waals surface area contributed by atoms with Gasteiger partial charge in [0, 0.05) is 23.1 Å². The van der Waals surface area contributed by atoms with Gasteiger partial charge in [-0.15, -0.1) is 11.6 Å². The molecule has 0 saturated carbocycles. The maximum absolute atomic E-state index is 14.1. The van der Waals surface area contributed by atoms with Crippen molar-refractivity contribution in [2.75, 3.05) is 11.0 Å². The van der Waals surface area contributed by atoms with E-state index in [9.17, 15) is 26.2 Å². The average Bonchev–Trinajstić information content (AvgIpc) is 3.18. The smallest absolute Gasteiger partial charge is 0.275 e. The number of unbranched alkanes of at least 4 members (excludes halogenated alkanes) is 1. The number of carbonyl (C=O) groups excluding carboxylic acids is 1. The first kappa shape index (κ1) is 27.1. The minimum absolute atomic E-state index is 0.277. The van der Waals surface area contributed by atoms with Crippen LogP contribution in [0.25, 0.3) is 11.0 Å². The molecule has 1 aromatic heterocycles. The summed E-state index contributed by atoms with van der Waals surface area (Å²) in [5.41, 5.74) is 1.75. The van der Waals surface area contributed by atoms with Gasteiger partial charge in [0.2, 0.25) is 10.0 Å². The number of nitrogens with one attached hydrogen (secondary N) is 1. The quantitative estimate of drug-likeness (QED) is 0.158. The Morgan fingerprint density at radius 3 is 2.41 bits per heavy atom. The Kier molecular flexibility index (Phi) is 7.40. The summed E-state index contributed by atoms with van der Waals surface area (Å²) in [6.07, 6.45) is 8.59. The normalized spacial score (nSPS) is 19.8. The van der Waals surface area contributed by atoms with E-state index in [2.05, 4.69) is 4.72 Å². The fourth-order valence-electron chi connectivity index (χ4n) is 4.31. The minimum atomic E-state index is -4.34. The number of aryl methyl sites for hydroxylation is 1. The van der Waals surface area contributed by atoms with Crippen LogP contribution in [0.3, 0.4) is 0 Å². The first-order valence-corrected chi connectivity index (χ1v) is 15.3. The highest BCUT2D eigenvalue weighted by atomic mass is 35.5. The van der Waals surface area contributed by atoms with Crippen molar-refractivity contribution < 1.29 is 30.6 Å². The van der Waals surface area contributed by atoms with E-state index in [1.807, 2.05) is 6.92 Å². The summed E-state index contributed by atoms with van der Waals surface area (Å²) in [5, 5.41) is -0.772. The number of alkyl halides is 1. The van der Waals surface area contributed by atoms with Gasteiger partial charge in [0.25, 0.3) is 10.1 Å². The van der Waals surface area contributed by atoms with Gasteiger partial charge in [0.05, 0.1) is 11.8 Å². The second kappa shape index (κ2) is 10.1. The highest BCUT2D eigenvalue weighted by molar-refractivity contribution is 7.92. The third-order valence-electron chi connectivity index (χ3n) is 6.03. The molecular formula is C26H26ClNO7S2. The molecule has 0 saturated heterocycles. The molecule has 0 radical (unpaired) electrons. The molecule has 0 unspecified atom stereocenters. The summed E-state index contributed by atoms with van der Waals surface area (Å²) in [6.45, 7) is 2.02. The summed E-state index contributed by atoms with van der Waals surface area (Å²) in [4.78, 5) is 12.8. The number of benzene rings is 2. The van der Waals surface area contributed by atoms with Gasteiger partial charge >= 0.3 is 0 Å². The highest BCUT2D eigenvalue weighted by Gasteiger charge is 2.34. The van der Waals surface area contributed by atoms with Crippen LogP contribution >= 0.6 is 11.6 Å². The summed E-state index contributed by atoms with van der Waals surface area (Å²) >= 11 is 6.86. The molecule has 4 rings (SSSR count). The highest BCUT2D eigenvalue weighted by Crippen LogP contribution is 2.40. The maximum Gasteiger partial charge on any atom is 0.275 e. The largest absolute Gasteiger partial charge is 0.460 e. The third-order valence-corrected chi connectivity index (χ3v) is 8.10. The first-order chi connectivity index (χ1) is 17.3. The lowest BCUT2D eigenvalue weighted by atomic mass is 9.86. The molecule has 0 spiro atoms. The fourth-order valence-corrected chi connectivity index (χ4v) is 5.73. The summed E-state index contributed by atoms with van der Waals surface area (Å²) in [5.74, 6) is 0.119. The predicted octanol–water partition coefficient (Wildman–Crippen LogP) is 5.19. The zero-order valence-electron chi connectivity index (χ0n) is 20.1. The molecule has 1 aliphatic carbocycles. The number of allylic oxidation sites excluding steroid dienone is 2. The summed E-state index contributed by atoms with van der Waals surface area (Å²) < 4.78 is 64.5. The molecular weight excluding hydrogens is 538 g/mol. The molecule has 196 valence electrons. The first-order valence-electron chi connectivity index (χ1n) is 11.5. The van der Waals surface area contributed by atoms with E-state index < -0.39 is 30.3 Å². The number of sulfonamides is 1. The molecule has 37 heavy (non-hydrogen) atoms. The molecule has 0 atom stereocenters. The van der Waals surface area contributed by atoms with E-state index in [0.717, 1.165) is 19.1 Å². The molecule has 1 heterocycles. The molecule has 0 bridgehead atoms. The van der Waals surface area contributed by atoms with Crippen LogP contribution < -0.4 is 4.72 Å². The van der Waals surface area contributed by atoms with Crippen LogP contribution in [-0.4, -0.2) is 38.7 Å². The SMILES string of the molecule is CCCCc1oc2ccc(NS(C)(=O)=O)cc2c1C(=O)c1ccccc1C1(Cl)C=CC(S(=O)(=O)O)C=C1. The number of fused-ring (bicyclic) bond motifs is 1. The Morgan fingerprint density at radius 2 is 1.78 bits per heavy atom. The molecule has 0 amide bonds. The molecule has 1 aliphatic rings. The number of furan rings is 1. The van der Waals surface area contributed by atoms with Gasteiger partial charge in [-0.05, 0) is 30.2 Å². The standard InChI is InChI=1S/C26H26ClNO7S2/c1-3-4-9-23-24(20-16-17(28-36(2,30)31)10-11-22(20)35-23)25(29)19-7-5-6-8-21(19)26(27)14-12-18(13-15-26)37(32,33)34/h5-8,10-16,18,28H,3-4,9H2,1-2H3,(H,32,33,34). The number of hydrogen-bond acceptors (Lipinski definition) is 6. The fraction of sp³-hybridized carbons (Fsp3) is 0.269. The predicted molar refractivity (Wildman–Crippen MR) is 144 cm³/mol. The van der Waals surface area contributed by atoms with E-state index >= 15 is 0 Å². The minimum Gasteiger partial charge on any atom is -0.460 e. The zero-order valence-corrected chi connectivity index (χ0v) is 22.5. The van der Waals surface area contributed by atoms with Crippen LogP contribution in [0.5, 0.6) is 0 Å². The van der Waals surface area contributed by atoms with Crippen LogP contribution in [0.2, 0.25) is 0 Å². The van der Waals surface area contributed by atoms with Gasteiger partial charge in [-0.2, -0.15) is 8.42 Å². The van der Waals surface area contributed by atoms with Crippen LogP contribution in [0, 0.1) is 0 Å². The molecule has 0 aliphatic heterocycles. The monoisotopic (exact) mass is 563 g/mol. The van der Waals surface area contributed by atoms with Crippen molar-refractivity contribution in [2.24, 2.45) is 0 Å². The van der Waals surface area contributed by atoms with Gasteiger partial charge in [-0.25, -0.2) is 8.42 Å². The van der Waals surface area contributed by atoms with E-state index in [4.69, 9.17) is 16.0 Å². The number of hydrogen-bond donors (Lipinski definition) is 2. The Hall–Kier alpha value is -2.92. The Balaban J connectivity index is 1.85. The lowest BCUT2D eigenvalue weighted by Gasteiger charge is -2.26. The van der Waals surface area contributed by atoms with E-state index in [0.29, 0.717) is 40.0 Å². The van der Waals surface area contributed by atoms with E-state index in [1.54, 1.807) is 42.5 Å². The Labute approximate surface area is 220 Å². The van der Waals surface area contributed by atoms with Crippen molar-refractivity contribution in [3.05, 3.63) is 89.2 Å². The molecule has 2 aromatic carbocycles. The Morgan fingerprint density at radius 1 is 1.11 bits per heavy atom. The van der Waals surface area contributed by atoms with Crippen molar-refractivity contribution in [3.8, 4) is 0 Å². The van der Waals surface area contributed by atoms with Gasteiger partial charge in [-0.3, -0.25) is 14.1 Å². The zero-order chi connectivity index (χ0) is 27.0. The van der Waals surface area contributed by atoms with Crippen LogP contribution in [0.4, 0.5) is 5.69 Å². The number of rotatable bonds is 9. The van der Waals surface area contributed by atoms with E-state index in [-0.39, 0.29) is 11.3 Å². The van der Waals surface area contributed by atoms with Gasteiger partial charge in [-0.1, -0.05) is 61.9 Å². The van der Waals surface area contributed by atoms with Gasteiger partial charge in [0.15, 0.2) is 5.78 Å².